The highest BCUT2D eigenvalue weighted by atomic mass is 32.1. The number of nitrogens with zero attached hydrogens (tertiary/aromatic N) is 4. The van der Waals surface area contributed by atoms with E-state index >= 15 is 0 Å². The van der Waals surface area contributed by atoms with Crippen LogP contribution in [0, 0.1) is 0 Å². The van der Waals surface area contributed by atoms with Crippen molar-refractivity contribution in [1.29, 1.82) is 0 Å². The van der Waals surface area contributed by atoms with Crippen LogP contribution in [0.2, 0.25) is 0 Å². The van der Waals surface area contributed by atoms with Crippen LogP contribution in [0.4, 0.5) is 5.69 Å². The fourth-order valence-electron chi connectivity index (χ4n) is 4.97. The predicted molar refractivity (Wildman–Crippen MR) is 151 cm³/mol. The average molecular weight is 499 g/mol. The maximum absolute atomic E-state index is 13.1. The Morgan fingerprint density at radius 1 is 0.811 bits per heavy atom. The summed E-state index contributed by atoms with van der Waals surface area (Å²) in [4.78, 5) is 18.5. The topological polar surface area (TPSA) is 50.0 Å². The maximum Gasteiger partial charge on any atom is 0.274 e. The van der Waals surface area contributed by atoms with Gasteiger partial charge in [-0.15, -0.1) is 0 Å². The first-order chi connectivity index (χ1) is 18.2. The molecule has 0 fully saturated rings. The lowest BCUT2D eigenvalue weighted by molar-refractivity contribution is 0.709. The lowest BCUT2D eigenvalue weighted by Gasteiger charge is -2.24. The summed E-state index contributed by atoms with van der Waals surface area (Å²) in [7, 11) is 0. The van der Waals surface area contributed by atoms with Gasteiger partial charge < -0.3 is 0 Å². The van der Waals surface area contributed by atoms with Gasteiger partial charge in [-0.2, -0.15) is 5.10 Å². The van der Waals surface area contributed by atoms with Crippen molar-refractivity contribution in [2.45, 2.75) is 12.5 Å². The fourth-order valence-corrected chi connectivity index (χ4v) is 5.96. The first kappa shape index (κ1) is 21.7. The summed E-state index contributed by atoms with van der Waals surface area (Å²) < 4.78 is 2.38. The molecule has 5 nitrogen and oxygen atoms in total. The van der Waals surface area contributed by atoms with E-state index in [-0.39, 0.29) is 11.6 Å². The number of fused-ring (bicyclic) bond motifs is 3. The Balaban J connectivity index is 1.25. The van der Waals surface area contributed by atoms with E-state index in [9.17, 15) is 4.79 Å². The van der Waals surface area contributed by atoms with Crippen LogP contribution in [0.1, 0.15) is 29.2 Å². The molecule has 0 bridgehead atoms. The summed E-state index contributed by atoms with van der Waals surface area (Å²) in [5.41, 5.74) is 7.11. The van der Waals surface area contributed by atoms with Gasteiger partial charge in [0.15, 0.2) is 4.96 Å². The van der Waals surface area contributed by atoms with Crippen molar-refractivity contribution in [3.63, 3.8) is 0 Å². The molecule has 0 aliphatic carbocycles. The van der Waals surface area contributed by atoms with Gasteiger partial charge in [0.2, 0.25) is 0 Å². The largest absolute Gasteiger partial charge is 0.274 e. The molecule has 6 heteroatoms. The number of benzene rings is 4. The van der Waals surface area contributed by atoms with E-state index in [1.165, 1.54) is 16.9 Å². The summed E-state index contributed by atoms with van der Waals surface area (Å²) in [5, 5.41) is 7.16. The molecule has 4 aromatic carbocycles. The number of para-hydroxylation sites is 2. The highest BCUT2D eigenvalue weighted by Gasteiger charge is 2.29. The monoisotopic (exact) mass is 498 g/mol. The molecule has 3 heterocycles. The molecule has 7 rings (SSSR count). The van der Waals surface area contributed by atoms with Crippen LogP contribution in [-0.4, -0.2) is 15.1 Å². The minimum absolute atomic E-state index is 0.0291. The summed E-state index contributed by atoms with van der Waals surface area (Å²) in [5.74, 6) is 0. The van der Waals surface area contributed by atoms with Gasteiger partial charge in [-0.1, -0.05) is 96.3 Å². The number of aromatic nitrogens is 2. The van der Waals surface area contributed by atoms with Gasteiger partial charge >= 0.3 is 0 Å². The van der Waals surface area contributed by atoms with E-state index in [4.69, 9.17) is 5.10 Å². The van der Waals surface area contributed by atoms with Crippen LogP contribution in [0.3, 0.4) is 0 Å². The molecule has 1 atom stereocenters. The zero-order valence-electron chi connectivity index (χ0n) is 19.9. The molecule has 178 valence electrons. The van der Waals surface area contributed by atoms with Crippen LogP contribution in [0.5, 0.6) is 0 Å². The molecule has 0 saturated heterocycles. The molecule has 37 heavy (non-hydrogen) atoms. The van der Waals surface area contributed by atoms with E-state index in [1.807, 2.05) is 54.6 Å². The molecule has 0 amide bonds. The molecule has 0 saturated carbocycles. The van der Waals surface area contributed by atoms with Gasteiger partial charge in [0, 0.05) is 6.42 Å². The first-order valence-corrected chi connectivity index (χ1v) is 13.1. The normalized spacial score (nSPS) is 16.1. The predicted octanol–water partition coefficient (Wildman–Crippen LogP) is 5.81. The lowest BCUT2D eigenvalue weighted by Crippen LogP contribution is -2.22. The molecule has 1 aliphatic heterocycles. The summed E-state index contributed by atoms with van der Waals surface area (Å²) in [6.45, 7) is 0. The van der Waals surface area contributed by atoms with Crippen molar-refractivity contribution < 1.29 is 0 Å². The van der Waals surface area contributed by atoms with Crippen molar-refractivity contribution in [3.8, 4) is 0 Å². The van der Waals surface area contributed by atoms with Crippen LogP contribution in [0.25, 0.3) is 22.1 Å². The number of imidazole rings is 1. The van der Waals surface area contributed by atoms with Crippen LogP contribution in [-0.2, 0) is 0 Å². The maximum atomic E-state index is 13.1. The Hall–Kier alpha value is -4.55. The van der Waals surface area contributed by atoms with Crippen LogP contribution >= 0.6 is 11.3 Å². The number of rotatable bonds is 4. The van der Waals surface area contributed by atoms with Gasteiger partial charge in [-0.3, -0.25) is 9.80 Å². The minimum Gasteiger partial charge on any atom is -0.267 e. The standard InChI is InChI=1S/C31H22N4OS/c36-30-29(37-31-32-25-13-7-8-14-27(25)34(30)31)19-21-15-17-24(18-16-21)35-28(23-11-5-2-6-12-23)20-26(33-35)22-9-3-1-4-10-22/h1-19,28H,20H2/b29-19+. The van der Waals surface area contributed by atoms with Crippen molar-refractivity contribution >= 4 is 44.8 Å². The number of hydrogen-bond donors (Lipinski definition) is 0. The second-order valence-electron chi connectivity index (χ2n) is 9.11. The van der Waals surface area contributed by atoms with E-state index in [2.05, 4.69) is 70.7 Å². The van der Waals surface area contributed by atoms with Crippen molar-refractivity contribution in [3.05, 3.63) is 141 Å². The number of hydrazone groups is 1. The van der Waals surface area contributed by atoms with Crippen LogP contribution < -0.4 is 15.1 Å². The first-order valence-electron chi connectivity index (χ1n) is 12.2. The third-order valence-corrected chi connectivity index (χ3v) is 7.77. The molecule has 0 N–H and O–H groups in total. The van der Waals surface area contributed by atoms with E-state index in [1.54, 1.807) is 4.40 Å². The average Bonchev–Trinajstić information content (AvgIpc) is 3.63. The van der Waals surface area contributed by atoms with Crippen molar-refractivity contribution in [2.24, 2.45) is 5.10 Å². The number of thiazole rings is 1. The number of anilines is 1. The summed E-state index contributed by atoms with van der Waals surface area (Å²) in [6.07, 6.45) is 2.78. The zero-order valence-corrected chi connectivity index (χ0v) is 20.7. The molecule has 2 aromatic heterocycles. The third-order valence-electron chi connectivity index (χ3n) is 6.80. The Morgan fingerprint density at radius 2 is 1.51 bits per heavy atom. The van der Waals surface area contributed by atoms with Gasteiger partial charge in [0.05, 0.1) is 33.0 Å². The van der Waals surface area contributed by atoms with E-state index < -0.39 is 0 Å². The van der Waals surface area contributed by atoms with E-state index in [0.717, 1.165) is 44.9 Å². The molecular formula is C31H22N4OS. The third kappa shape index (κ3) is 3.82. The Morgan fingerprint density at radius 3 is 2.30 bits per heavy atom. The van der Waals surface area contributed by atoms with Gasteiger partial charge in [-0.25, -0.2) is 9.38 Å². The highest BCUT2D eigenvalue weighted by Crippen LogP contribution is 2.36. The van der Waals surface area contributed by atoms with Crippen molar-refractivity contribution in [1.82, 2.24) is 9.38 Å². The minimum atomic E-state index is -0.0291. The van der Waals surface area contributed by atoms with Crippen molar-refractivity contribution in [2.75, 3.05) is 5.01 Å². The fraction of sp³-hybridized carbons (Fsp3) is 0.0645. The molecular weight excluding hydrogens is 476 g/mol. The van der Waals surface area contributed by atoms with Crippen LogP contribution in [0.15, 0.2) is 119 Å². The van der Waals surface area contributed by atoms with Gasteiger partial charge in [-0.05, 0) is 47.0 Å². The summed E-state index contributed by atoms with van der Waals surface area (Å²) in [6, 6.07) is 37.0. The second kappa shape index (κ2) is 8.84. The molecule has 0 spiro atoms. The second-order valence-corrected chi connectivity index (χ2v) is 10.1. The molecule has 0 radical (unpaired) electrons. The Kier molecular flexibility index (Phi) is 5.18. The molecule has 6 aromatic rings. The quantitative estimate of drug-likeness (QED) is 0.308. The van der Waals surface area contributed by atoms with Gasteiger partial charge in [0.25, 0.3) is 5.56 Å². The van der Waals surface area contributed by atoms with E-state index in [0.29, 0.717) is 4.53 Å². The summed E-state index contributed by atoms with van der Waals surface area (Å²) >= 11 is 1.42. The molecule has 1 unspecified atom stereocenters. The molecule has 1 aliphatic rings. The zero-order chi connectivity index (χ0) is 24.8. The Labute approximate surface area is 217 Å². The number of hydrogen-bond acceptors (Lipinski definition) is 5. The Bertz CT molecular complexity index is 1870. The lowest BCUT2D eigenvalue weighted by atomic mass is 9.98. The smallest absolute Gasteiger partial charge is 0.267 e. The van der Waals surface area contributed by atoms with Gasteiger partial charge in [0.1, 0.15) is 0 Å². The SMILES string of the molecule is O=c1/c(=C\c2ccc(N3N=C(c4ccccc4)CC3c3ccccc3)cc2)sc2nc3ccccc3n12. The highest BCUT2D eigenvalue weighted by molar-refractivity contribution is 7.15.